The molecule has 1 N–H and O–H groups in total. The number of aromatic nitrogens is 3. The molecule has 9 heteroatoms. The second kappa shape index (κ2) is 7.21. The number of anilines is 1. The van der Waals surface area contributed by atoms with Crippen LogP contribution in [-0.4, -0.2) is 27.7 Å². The van der Waals surface area contributed by atoms with Crippen LogP contribution in [0.2, 0.25) is 10.0 Å². The predicted octanol–water partition coefficient (Wildman–Crippen LogP) is 3.44. The van der Waals surface area contributed by atoms with Crippen LogP contribution in [0.5, 0.6) is 5.75 Å². The predicted molar refractivity (Wildman–Crippen MR) is 87.1 cm³/mol. The van der Waals surface area contributed by atoms with Crippen molar-refractivity contribution in [3.8, 4) is 5.75 Å². The van der Waals surface area contributed by atoms with Gasteiger partial charge in [0.05, 0.1) is 11.4 Å². The van der Waals surface area contributed by atoms with Crippen molar-refractivity contribution in [1.82, 2.24) is 15.2 Å². The van der Waals surface area contributed by atoms with Crippen LogP contribution in [-0.2, 0) is 11.2 Å². The lowest BCUT2D eigenvalue weighted by atomic mass is 10.3. The molecule has 0 bridgehead atoms. The quantitative estimate of drug-likeness (QED) is 0.883. The zero-order valence-electron chi connectivity index (χ0n) is 12.2. The maximum atomic E-state index is 11.9. The molecule has 118 valence electrons. The number of nitrogens with one attached hydrogen (secondary N) is 1. The van der Waals surface area contributed by atoms with Gasteiger partial charge in [-0.1, -0.05) is 41.5 Å². The van der Waals surface area contributed by atoms with E-state index < -0.39 is 0 Å². The van der Waals surface area contributed by atoms with Gasteiger partial charge in [0.2, 0.25) is 5.13 Å². The summed E-state index contributed by atoms with van der Waals surface area (Å²) in [6.07, 6.45) is 0.769. The summed E-state index contributed by atoms with van der Waals surface area (Å²) in [5.74, 6) is -0.104. The number of carbonyl (C=O) groups is 1. The fourth-order valence-electron chi connectivity index (χ4n) is 1.64. The summed E-state index contributed by atoms with van der Waals surface area (Å²) in [6.45, 7) is 5.22. The highest BCUT2D eigenvalue weighted by atomic mass is 35.5. The van der Waals surface area contributed by atoms with Crippen LogP contribution in [0.4, 0.5) is 5.13 Å². The highest BCUT2D eigenvalue weighted by molar-refractivity contribution is 7.15. The van der Waals surface area contributed by atoms with Crippen LogP contribution in [0.3, 0.4) is 0 Å². The van der Waals surface area contributed by atoms with Gasteiger partial charge < -0.3 is 4.74 Å². The number of ether oxygens (including phenoxy) is 1. The highest BCUT2D eigenvalue weighted by Gasteiger charge is 2.16. The van der Waals surface area contributed by atoms with Crippen molar-refractivity contribution in [2.24, 2.45) is 0 Å². The molecular formula is C13H14Cl2N4O2S. The van der Waals surface area contributed by atoms with E-state index in [9.17, 15) is 4.79 Å². The topological polar surface area (TPSA) is 77.0 Å². The SMILES string of the molecule is CCc1nnc(NC(=O)COc2c(Cl)c(C)nc(C)c2Cl)s1. The molecule has 2 rings (SSSR count). The summed E-state index contributed by atoms with van der Waals surface area (Å²) in [5, 5.41) is 12.3. The number of pyridine rings is 1. The second-order valence-corrected chi connectivity index (χ2v) is 6.25. The first-order valence-corrected chi connectivity index (χ1v) is 8.06. The number of carbonyl (C=O) groups excluding carboxylic acids is 1. The first-order valence-electron chi connectivity index (χ1n) is 6.49. The van der Waals surface area contributed by atoms with Crippen molar-refractivity contribution >= 4 is 45.6 Å². The number of nitrogens with zero attached hydrogens (tertiary/aromatic N) is 3. The summed E-state index contributed by atoms with van der Waals surface area (Å²) in [5.41, 5.74) is 1.19. The Morgan fingerprint density at radius 2 is 1.86 bits per heavy atom. The Hall–Kier alpha value is -1.44. The normalized spacial score (nSPS) is 10.6. The molecule has 22 heavy (non-hydrogen) atoms. The van der Waals surface area contributed by atoms with E-state index in [2.05, 4.69) is 20.5 Å². The Bertz CT molecular complexity index is 679. The van der Waals surface area contributed by atoms with Gasteiger partial charge in [0, 0.05) is 0 Å². The van der Waals surface area contributed by atoms with Gasteiger partial charge >= 0.3 is 0 Å². The van der Waals surface area contributed by atoms with Crippen molar-refractivity contribution in [2.45, 2.75) is 27.2 Å². The van der Waals surface area contributed by atoms with Crippen LogP contribution in [0, 0.1) is 13.8 Å². The summed E-state index contributed by atoms with van der Waals surface area (Å²) >= 11 is 13.5. The number of halogens is 2. The zero-order chi connectivity index (χ0) is 16.3. The minimum Gasteiger partial charge on any atom is -0.480 e. The Kier molecular flexibility index (Phi) is 5.55. The molecule has 1 amide bonds. The molecule has 0 aromatic carbocycles. The minimum absolute atomic E-state index is 0.233. The molecule has 0 aliphatic rings. The van der Waals surface area contributed by atoms with Gasteiger partial charge in [0.15, 0.2) is 12.4 Å². The number of amides is 1. The second-order valence-electron chi connectivity index (χ2n) is 4.43. The maximum Gasteiger partial charge on any atom is 0.264 e. The van der Waals surface area contributed by atoms with Gasteiger partial charge in [-0.25, -0.2) is 0 Å². The minimum atomic E-state index is -0.363. The zero-order valence-corrected chi connectivity index (χ0v) is 14.6. The molecule has 0 atom stereocenters. The third-order valence-corrected chi connectivity index (χ3v) is 4.61. The largest absolute Gasteiger partial charge is 0.480 e. The lowest BCUT2D eigenvalue weighted by molar-refractivity contribution is -0.118. The van der Waals surface area contributed by atoms with Gasteiger partial charge in [-0.3, -0.25) is 15.1 Å². The van der Waals surface area contributed by atoms with Crippen LogP contribution >= 0.6 is 34.5 Å². The molecule has 0 saturated carbocycles. The number of hydrogen-bond acceptors (Lipinski definition) is 6. The lowest BCUT2D eigenvalue weighted by Crippen LogP contribution is -2.20. The number of hydrogen-bond donors (Lipinski definition) is 1. The van der Waals surface area contributed by atoms with E-state index in [-0.39, 0.29) is 18.3 Å². The van der Waals surface area contributed by atoms with Crippen LogP contribution < -0.4 is 10.1 Å². The molecule has 0 radical (unpaired) electrons. The molecule has 2 aromatic heterocycles. The molecule has 0 aliphatic carbocycles. The molecule has 0 spiro atoms. The summed E-state index contributed by atoms with van der Waals surface area (Å²) in [4.78, 5) is 16.1. The van der Waals surface area contributed by atoms with E-state index in [0.29, 0.717) is 26.6 Å². The van der Waals surface area contributed by atoms with Gasteiger partial charge in [-0.05, 0) is 20.3 Å². The standard InChI is InChI=1S/C13H14Cl2N4O2S/c1-4-9-18-19-13(22-9)17-8(20)5-21-12-10(14)6(2)16-7(3)11(12)15/h4-5H2,1-3H3,(H,17,19,20). The first kappa shape index (κ1) is 16.9. The molecule has 0 saturated heterocycles. The van der Waals surface area contributed by atoms with Crippen LogP contribution in [0.15, 0.2) is 0 Å². The fraction of sp³-hybridized carbons (Fsp3) is 0.385. The highest BCUT2D eigenvalue weighted by Crippen LogP contribution is 2.36. The third-order valence-electron chi connectivity index (χ3n) is 2.73. The Balaban J connectivity index is 2.02. The summed E-state index contributed by atoms with van der Waals surface area (Å²) in [6, 6.07) is 0. The Labute approximate surface area is 141 Å². The number of rotatable bonds is 5. The van der Waals surface area contributed by atoms with Crippen molar-refractivity contribution in [2.75, 3.05) is 11.9 Å². The molecule has 6 nitrogen and oxygen atoms in total. The van der Waals surface area contributed by atoms with Crippen molar-refractivity contribution in [3.63, 3.8) is 0 Å². The van der Waals surface area contributed by atoms with Crippen LogP contribution in [0.1, 0.15) is 23.3 Å². The molecule has 2 aromatic rings. The van der Waals surface area contributed by atoms with E-state index in [1.807, 2.05) is 6.92 Å². The van der Waals surface area contributed by atoms with E-state index in [1.165, 1.54) is 11.3 Å². The molecule has 0 aliphatic heterocycles. The average molecular weight is 361 g/mol. The van der Waals surface area contributed by atoms with Crippen LogP contribution in [0.25, 0.3) is 0 Å². The van der Waals surface area contributed by atoms with E-state index in [0.717, 1.165) is 11.4 Å². The lowest BCUT2D eigenvalue weighted by Gasteiger charge is -2.12. The molecule has 0 fully saturated rings. The van der Waals surface area contributed by atoms with Crippen molar-refractivity contribution in [3.05, 3.63) is 26.4 Å². The first-order chi connectivity index (χ1) is 10.4. The molecule has 2 heterocycles. The van der Waals surface area contributed by atoms with Gasteiger partial charge in [-0.15, -0.1) is 10.2 Å². The average Bonchev–Trinajstić information content (AvgIpc) is 2.92. The third kappa shape index (κ3) is 3.85. The van der Waals surface area contributed by atoms with E-state index in [4.69, 9.17) is 27.9 Å². The monoisotopic (exact) mass is 360 g/mol. The maximum absolute atomic E-state index is 11.9. The molecule has 0 unspecified atom stereocenters. The van der Waals surface area contributed by atoms with Gasteiger partial charge in [0.25, 0.3) is 5.91 Å². The van der Waals surface area contributed by atoms with Gasteiger partial charge in [0.1, 0.15) is 15.1 Å². The smallest absolute Gasteiger partial charge is 0.264 e. The summed E-state index contributed by atoms with van der Waals surface area (Å²) in [7, 11) is 0. The fourth-order valence-corrected chi connectivity index (χ4v) is 2.77. The molecular weight excluding hydrogens is 347 g/mol. The number of aryl methyl sites for hydroxylation is 3. The van der Waals surface area contributed by atoms with Gasteiger partial charge in [-0.2, -0.15) is 0 Å². The van der Waals surface area contributed by atoms with E-state index in [1.54, 1.807) is 13.8 Å². The summed E-state index contributed by atoms with van der Waals surface area (Å²) < 4.78 is 5.44. The van der Waals surface area contributed by atoms with Crippen molar-refractivity contribution < 1.29 is 9.53 Å². The van der Waals surface area contributed by atoms with Crippen molar-refractivity contribution in [1.29, 1.82) is 0 Å². The Morgan fingerprint density at radius 3 is 2.41 bits per heavy atom. The Morgan fingerprint density at radius 1 is 1.23 bits per heavy atom. The van der Waals surface area contributed by atoms with E-state index >= 15 is 0 Å².